The van der Waals surface area contributed by atoms with Crippen LogP contribution < -0.4 is 5.32 Å². The number of likely N-dealkylation sites (tertiary alicyclic amines) is 1. The molecule has 0 amide bonds. The van der Waals surface area contributed by atoms with Gasteiger partial charge >= 0.3 is 0 Å². The van der Waals surface area contributed by atoms with Gasteiger partial charge in [-0.2, -0.15) is 0 Å². The van der Waals surface area contributed by atoms with Crippen molar-refractivity contribution in [3.63, 3.8) is 0 Å². The molecule has 2 rings (SSSR count). The van der Waals surface area contributed by atoms with Crippen molar-refractivity contribution in [3.05, 3.63) is 21.9 Å². The van der Waals surface area contributed by atoms with Crippen LogP contribution in [0, 0.1) is 5.92 Å². The summed E-state index contributed by atoms with van der Waals surface area (Å²) < 4.78 is 0. The summed E-state index contributed by atoms with van der Waals surface area (Å²) in [5.41, 5.74) is 0. The molecule has 1 aromatic rings. The summed E-state index contributed by atoms with van der Waals surface area (Å²) in [6.45, 7) is 11.3. The van der Waals surface area contributed by atoms with Gasteiger partial charge in [0.1, 0.15) is 0 Å². The van der Waals surface area contributed by atoms with Crippen molar-refractivity contribution in [2.24, 2.45) is 5.92 Å². The molecule has 1 fully saturated rings. The Hall–Kier alpha value is -0.420. The Labute approximate surface area is 128 Å². The maximum absolute atomic E-state index is 3.49. The van der Waals surface area contributed by atoms with Gasteiger partial charge in [0, 0.05) is 48.0 Å². The van der Waals surface area contributed by atoms with Crippen LogP contribution in [0.25, 0.3) is 0 Å². The molecular formula is C16H29N3S. The second-order valence-corrected chi connectivity index (χ2v) is 7.86. The molecule has 1 saturated heterocycles. The molecule has 3 nitrogen and oxygen atoms in total. The normalized spacial score (nSPS) is 24.1. The first-order chi connectivity index (χ1) is 9.45. The molecule has 20 heavy (non-hydrogen) atoms. The predicted octanol–water partition coefficient (Wildman–Crippen LogP) is 2.63. The first-order valence-corrected chi connectivity index (χ1v) is 8.47. The van der Waals surface area contributed by atoms with Gasteiger partial charge in [-0.25, -0.2) is 0 Å². The first-order valence-electron chi connectivity index (χ1n) is 7.65. The fourth-order valence-electron chi connectivity index (χ4n) is 2.98. The van der Waals surface area contributed by atoms with E-state index in [4.69, 9.17) is 0 Å². The van der Waals surface area contributed by atoms with E-state index in [-0.39, 0.29) is 0 Å². The zero-order valence-electron chi connectivity index (χ0n) is 13.5. The first kappa shape index (κ1) is 16.0. The fraction of sp³-hybridized carbons (Fsp3) is 0.750. The van der Waals surface area contributed by atoms with Crippen LogP contribution in [0.5, 0.6) is 0 Å². The molecule has 1 aromatic heterocycles. The van der Waals surface area contributed by atoms with Gasteiger partial charge in [0.05, 0.1) is 0 Å². The molecule has 0 spiro atoms. The Balaban J connectivity index is 1.85. The summed E-state index contributed by atoms with van der Waals surface area (Å²) in [7, 11) is 4.40. The summed E-state index contributed by atoms with van der Waals surface area (Å²) >= 11 is 1.95. The Bertz CT molecular complexity index is 414. The van der Waals surface area contributed by atoms with E-state index >= 15 is 0 Å². The highest BCUT2D eigenvalue weighted by Gasteiger charge is 2.30. The van der Waals surface area contributed by atoms with Gasteiger partial charge in [0.2, 0.25) is 0 Å². The lowest BCUT2D eigenvalue weighted by atomic mass is 10.1. The van der Waals surface area contributed by atoms with Gasteiger partial charge in [-0.15, -0.1) is 11.3 Å². The summed E-state index contributed by atoms with van der Waals surface area (Å²) in [6, 6.07) is 5.84. The number of nitrogens with one attached hydrogen (secondary N) is 1. The number of hydrogen-bond acceptors (Lipinski definition) is 4. The largest absolute Gasteiger partial charge is 0.310 e. The van der Waals surface area contributed by atoms with Crippen molar-refractivity contribution >= 4 is 11.3 Å². The summed E-state index contributed by atoms with van der Waals surface area (Å²) in [5.74, 6) is 0.770. The van der Waals surface area contributed by atoms with Crippen LogP contribution in [-0.2, 0) is 13.1 Å². The molecule has 0 radical (unpaired) electrons. The van der Waals surface area contributed by atoms with E-state index in [9.17, 15) is 0 Å². The van der Waals surface area contributed by atoms with Crippen molar-refractivity contribution in [3.8, 4) is 0 Å². The third-order valence-electron chi connectivity index (χ3n) is 4.09. The molecule has 1 N–H and O–H groups in total. The van der Waals surface area contributed by atoms with Crippen LogP contribution >= 0.6 is 11.3 Å². The van der Waals surface area contributed by atoms with E-state index in [1.807, 2.05) is 11.3 Å². The van der Waals surface area contributed by atoms with Crippen molar-refractivity contribution in [2.75, 3.05) is 27.2 Å². The fourth-order valence-corrected chi connectivity index (χ4v) is 3.99. The predicted molar refractivity (Wildman–Crippen MR) is 88.2 cm³/mol. The molecule has 0 aliphatic carbocycles. The molecule has 0 saturated carbocycles. The Morgan fingerprint density at radius 3 is 2.60 bits per heavy atom. The molecule has 1 aliphatic heterocycles. The van der Waals surface area contributed by atoms with Crippen LogP contribution in [-0.4, -0.2) is 49.1 Å². The van der Waals surface area contributed by atoms with Crippen molar-refractivity contribution in [1.82, 2.24) is 15.1 Å². The van der Waals surface area contributed by atoms with Crippen molar-refractivity contribution < 1.29 is 0 Å². The molecule has 114 valence electrons. The molecule has 0 bridgehead atoms. The molecule has 2 unspecified atom stereocenters. The molecule has 2 atom stereocenters. The van der Waals surface area contributed by atoms with E-state index in [1.165, 1.54) is 22.8 Å². The second-order valence-electron chi connectivity index (χ2n) is 6.61. The van der Waals surface area contributed by atoms with Crippen molar-refractivity contribution in [2.45, 2.75) is 45.9 Å². The zero-order chi connectivity index (χ0) is 14.7. The van der Waals surface area contributed by atoms with Gasteiger partial charge < -0.3 is 10.2 Å². The molecular weight excluding hydrogens is 266 g/mol. The Morgan fingerprint density at radius 2 is 2.00 bits per heavy atom. The summed E-state index contributed by atoms with van der Waals surface area (Å²) in [4.78, 5) is 7.92. The van der Waals surface area contributed by atoms with E-state index in [1.54, 1.807) is 0 Å². The highest BCUT2D eigenvalue weighted by Crippen LogP contribution is 2.24. The molecule has 1 aliphatic rings. The minimum absolute atomic E-state index is 0.556. The van der Waals surface area contributed by atoms with E-state index in [0.29, 0.717) is 12.1 Å². The zero-order valence-corrected chi connectivity index (χ0v) is 14.3. The van der Waals surface area contributed by atoms with Crippen molar-refractivity contribution in [1.29, 1.82) is 0 Å². The number of rotatable bonds is 6. The summed E-state index contributed by atoms with van der Waals surface area (Å²) in [6.07, 6.45) is 0. The third-order valence-corrected chi connectivity index (χ3v) is 5.16. The number of thiophene rings is 1. The topological polar surface area (TPSA) is 18.5 Å². The van der Waals surface area contributed by atoms with Gasteiger partial charge in [-0.1, -0.05) is 20.8 Å². The second kappa shape index (κ2) is 7.03. The standard InChI is InChI=1S/C16H29N3S/c1-12(2)17-8-14-6-7-15(20-14)10-19-9-13(3)16(11-19)18(4)5/h6-7,12-13,16-17H,8-11H2,1-5H3. The van der Waals surface area contributed by atoms with E-state index in [0.717, 1.165) is 19.0 Å². The summed E-state index contributed by atoms with van der Waals surface area (Å²) in [5, 5.41) is 3.49. The van der Waals surface area contributed by atoms with E-state index < -0.39 is 0 Å². The maximum Gasteiger partial charge on any atom is 0.0328 e. The molecule has 2 heterocycles. The van der Waals surface area contributed by atoms with Gasteiger partial charge in [-0.3, -0.25) is 4.90 Å². The lowest BCUT2D eigenvalue weighted by Gasteiger charge is -2.22. The minimum Gasteiger partial charge on any atom is -0.310 e. The highest BCUT2D eigenvalue weighted by molar-refractivity contribution is 7.11. The van der Waals surface area contributed by atoms with Crippen LogP contribution in [0.4, 0.5) is 0 Å². The number of nitrogens with zero attached hydrogens (tertiary/aromatic N) is 2. The monoisotopic (exact) mass is 295 g/mol. The molecule has 4 heteroatoms. The Kier molecular flexibility index (Phi) is 5.61. The van der Waals surface area contributed by atoms with Gasteiger partial charge in [0.15, 0.2) is 0 Å². The lowest BCUT2D eigenvalue weighted by Crippen LogP contribution is -2.34. The lowest BCUT2D eigenvalue weighted by molar-refractivity contribution is 0.251. The van der Waals surface area contributed by atoms with Crippen LogP contribution in [0.15, 0.2) is 12.1 Å². The Morgan fingerprint density at radius 1 is 1.30 bits per heavy atom. The minimum atomic E-state index is 0.556. The highest BCUT2D eigenvalue weighted by atomic mass is 32.1. The van der Waals surface area contributed by atoms with Crippen LogP contribution in [0.3, 0.4) is 0 Å². The van der Waals surface area contributed by atoms with Crippen LogP contribution in [0.1, 0.15) is 30.5 Å². The third kappa shape index (κ3) is 4.29. The number of hydrogen-bond donors (Lipinski definition) is 1. The molecule has 0 aromatic carbocycles. The SMILES string of the molecule is CC(C)NCc1ccc(CN2CC(C)C(N(C)C)C2)s1. The van der Waals surface area contributed by atoms with E-state index in [2.05, 4.69) is 62.1 Å². The average Bonchev–Trinajstić information content (AvgIpc) is 2.94. The quantitative estimate of drug-likeness (QED) is 0.870. The van der Waals surface area contributed by atoms with Gasteiger partial charge in [0.25, 0.3) is 0 Å². The maximum atomic E-state index is 3.49. The van der Waals surface area contributed by atoms with Crippen LogP contribution in [0.2, 0.25) is 0 Å². The number of likely N-dealkylation sites (N-methyl/N-ethyl adjacent to an activating group) is 1. The smallest absolute Gasteiger partial charge is 0.0328 e. The van der Waals surface area contributed by atoms with Gasteiger partial charge in [-0.05, 0) is 32.1 Å². The average molecular weight is 295 g/mol.